The number of allylic oxidation sites excluding steroid dienone is 2. The third-order valence-corrected chi connectivity index (χ3v) is 2.02. The van der Waals surface area contributed by atoms with Crippen LogP contribution in [0.5, 0.6) is 0 Å². The summed E-state index contributed by atoms with van der Waals surface area (Å²) in [7, 11) is 0. The second-order valence-electron chi connectivity index (χ2n) is 4.56. The molecule has 0 aromatic heterocycles. The van der Waals surface area contributed by atoms with Crippen LogP contribution in [-0.2, 0) is 0 Å². The average molecular weight is 152 g/mol. The number of rotatable bonds is 4. The van der Waals surface area contributed by atoms with Gasteiger partial charge in [0.05, 0.1) is 0 Å². The Labute approximate surface area is 71.0 Å². The van der Waals surface area contributed by atoms with Crippen molar-refractivity contribution in [1.29, 1.82) is 0 Å². The van der Waals surface area contributed by atoms with Crippen LogP contribution in [-0.4, -0.2) is 0 Å². The molecule has 0 rings (SSSR count). The molecule has 0 heterocycles. The van der Waals surface area contributed by atoms with E-state index in [-0.39, 0.29) is 10.8 Å². The van der Waals surface area contributed by atoms with E-state index in [1.165, 1.54) is 0 Å². The summed E-state index contributed by atoms with van der Waals surface area (Å²) in [6.45, 7) is 16.4. The molecule has 11 heavy (non-hydrogen) atoms. The van der Waals surface area contributed by atoms with Crippen molar-refractivity contribution in [3.63, 3.8) is 0 Å². The minimum Gasteiger partial charge on any atom is -0.103 e. The lowest BCUT2D eigenvalue weighted by Crippen LogP contribution is -2.18. The first-order chi connectivity index (χ1) is 4.83. The zero-order chi connectivity index (χ0) is 9.12. The molecule has 0 aliphatic heterocycles. The molecule has 0 atom stereocenters. The van der Waals surface area contributed by atoms with Gasteiger partial charge in [0.15, 0.2) is 0 Å². The van der Waals surface area contributed by atoms with Crippen molar-refractivity contribution in [1.82, 2.24) is 0 Å². The highest BCUT2D eigenvalue weighted by molar-refractivity contribution is 4.97. The first kappa shape index (κ1) is 10.5. The number of hydrogen-bond donors (Lipinski definition) is 0. The molecule has 64 valence electrons. The first-order valence-corrected chi connectivity index (χ1v) is 4.10. The zero-order valence-electron chi connectivity index (χ0n) is 8.28. The number of hydrogen-bond acceptors (Lipinski definition) is 0. The van der Waals surface area contributed by atoms with Gasteiger partial charge >= 0.3 is 0 Å². The molecule has 0 bridgehead atoms. The molecule has 0 fully saturated rings. The third kappa shape index (κ3) is 4.02. The highest BCUT2D eigenvalue weighted by Gasteiger charge is 2.23. The van der Waals surface area contributed by atoms with Crippen LogP contribution >= 0.6 is 0 Å². The molecule has 0 aliphatic carbocycles. The maximum Gasteiger partial charge on any atom is -0.0169 e. The van der Waals surface area contributed by atoms with E-state index in [2.05, 4.69) is 40.9 Å². The normalized spacial score (nSPS) is 12.7. The Morgan fingerprint density at radius 2 is 1.18 bits per heavy atom. The van der Waals surface area contributed by atoms with Crippen molar-refractivity contribution < 1.29 is 0 Å². The Kier molecular flexibility index (Phi) is 3.10. The van der Waals surface area contributed by atoms with Crippen LogP contribution in [0.1, 0.15) is 34.1 Å². The summed E-state index contributed by atoms with van der Waals surface area (Å²) >= 11 is 0. The van der Waals surface area contributed by atoms with Crippen LogP contribution in [0.3, 0.4) is 0 Å². The largest absolute Gasteiger partial charge is 0.103 e. The fraction of sp³-hybridized carbons (Fsp3) is 0.636. The highest BCUT2D eigenvalue weighted by Crippen LogP contribution is 2.34. The van der Waals surface area contributed by atoms with Crippen LogP contribution in [0.2, 0.25) is 0 Å². The Bertz CT molecular complexity index is 131. The molecule has 0 aromatic rings. The summed E-state index contributed by atoms with van der Waals surface area (Å²) in [6, 6.07) is 0. The third-order valence-electron chi connectivity index (χ3n) is 2.02. The van der Waals surface area contributed by atoms with E-state index in [1.54, 1.807) is 0 Å². The van der Waals surface area contributed by atoms with Gasteiger partial charge in [-0.25, -0.2) is 0 Å². The molecular weight excluding hydrogens is 132 g/mol. The molecule has 0 aromatic carbocycles. The second-order valence-corrected chi connectivity index (χ2v) is 4.56. The quantitative estimate of drug-likeness (QED) is 0.537. The van der Waals surface area contributed by atoms with E-state index in [0.717, 1.165) is 6.42 Å². The Morgan fingerprint density at radius 3 is 1.36 bits per heavy atom. The Hall–Kier alpha value is -0.520. The summed E-state index contributed by atoms with van der Waals surface area (Å²) < 4.78 is 0. The van der Waals surface area contributed by atoms with E-state index in [1.807, 2.05) is 12.2 Å². The molecule has 0 aliphatic rings. The van der Waals surface area contributed by atoms with Gasteiger partial charge < -0.3 is 0 Å². The lowest BCUT2D eigenvalue weighted by atomic mass is 9.75. The maximum absolute atomic E-state index is 3.82. The van der Waals surface area contributed by atoms with Gasteiger partial charge in [-0.1, -0.05) is 39.8 Å². The van der Waals surface area contributed by atoms with Gasteiger partial charge in [0.25, 0.3) is 0 Å². The molecular formula is C11H20. The van der Waals surface area contributed by atoms with Crippen molar-refractivity contribution in [2.45, 2.75) is 34.1 Å². The fourth-order valence-electron chi connectivity index (χ4n) is 1.32. The maximum atomic E-state index is 3.82. The summed E-state index contributed by atoms with van der Waals surface area (Å²) in [5.74, 6) is 0. The van der Waals surface area contributed by atoms with Gasteiger partial charge in [-0.15, -0.1) is 13.2 Å². The molecule has 0 spiro atoms. The van der Waals surface area contributed by atoms with Gasteiger partial charge in [-0.3, -0.25) is 0 Å². The molecule has 0 nitrogen and oxygen atoms in total. The first-order valence-electron chi connectivity index (χ1n) is 4.10. The standard InChI is InChI=1S/C11H20/c1-7-10(3,4)9-11(5,6)8-2/h7-8H,1-2,9H2,3-6H3. The van der Waals surface area contributed by atoms with Gasteiger partial charge in [0, 0.05) is 0 Å². The van der Waals surface area contributed by atoms with Crippen molar-refractivity contribution >= 4 is 0 Å². The van der Waals surface area contributed by atoms with Crippen molar-refractivity contribution in [3.8, 4) is 0 Å². The minimum atomic E-state index is 0.220. The minimum absolute atomic E-state index is 0.220. The van der Waals surface area contributed by atoms with Gasteiger partial charge in [-0.05, 0) is 17.3 Å². The zero-order valence-corrected chi connectivity index (χ0v) is 8.28. The van der Waals surface area contributed by atoms with Gasteiger partial charge in [0.2, 0.25) is 0 Å². The van der Waals surface area contributed by atoms with Crippen molar-refractivity contribution in [2.24, 2.45) is 10.8 Å². The summed E-state index contributed by atoms with van der Waals surface area (Å²) in [6.07, 6.45) is 5.13. The molecule has 0 saturated carbocycles. The monoisotopic (exact) mass is 152 g/mol. The van der Waals surface area contributed by atoms with Crippen LogP contribution < -0.4 is 0 Å². The average Bonchev–Trinajstić information content (AvgIpc) is 1.86. The highest BCUT2D eigenvalue weighted by atomic mass is 14.3. The Balaban J connectivity index is 4.23. The van der Waals surface area contributed by atoms with Crippen LogP contribution in [0.15, 0.2) is 25.3 Å². The molecule has 0 amide bonds. The van der Waals surface area contributed by atoms with Gasteiger partial charge in [-0.2, -0.15) is 0 Å². The van der Waals surface area contributed by atoms with E-state index in [4.69, 9.17) is 0 Å². The smallest absolute Gasteiger partial charge is 0.0169 e. The molecule has 0 N–H and O–H groups in total. The molecule has 0 heteroatoms. The van der Waals surface area contributed by atoms with Crippen LogP contribution in [0.4, 0.5) is 0 Å². The Morgan fingerprint density at radius 1 is 0.909 bits per heavy atom. The molecule has 0 unspecified atom stereocenters. The van der Waals surface area contributed by atoms with Crippen LogP contribution in [0.25, 0.3) is 0 Å². The lowest BCUT2D eigenvalue weighted by Gasteiger charge is -2.30. The van der Waals surface area contributed by atoms with E-state index in [0.29, 0.717) is 0 Å². The topological polar surface area (TPSA) is 0 Å². The van der Waals surface area contributed by atoms with Crippen LogP contribution in [0, 0.1) is 10.8 Å². The van der Waals surface area contributed by atoms with E-state index in [9.17, 15) is 0 Å². The van der Waals surface area contributed by atoms with Gasteiger partial charge in [0.1, 0.15) is 0 Å². The predicted octanol–water partition coefficient (Wildman–Crippen LogP) is 3.80. The summed E-state index contributed by atoms with van der Waals surface area (Å²) in [5, 5.41) is 0. The van der Waals surface area contributed by atoms with Crippen molar-refractivity contribution in [3.05, 3.63) is 25.3 Å². The fourth-order valence-corrected chi connectivity index (χ4v) is 1.32. The van der Waals surface area contributed by atoms with E-state index >= 15 is 0 Å². The summed E-state index contributed by atoms with van der Waals surface area (Å²) in [4.78, 5) is 0. The van der Waals surface area contributed by atoms with E-state index < -0.39 is 0 Å². The lowest BCUT2D eigenvalue weighted by molar-refractivity contribution is 0.297. The molecule has 0 radical (unpaired) electrons. The predicted molar refractivity (Wildman–Crippen MR) is 52.6 cm³/mol. The molecule has 0 saturated heterocycles. The van der Waals surface area contributed by atoms with Crippen molar-refractivity contribution in [2.75, 3.05) is 0 Å². The second kappa shape index (κ2) is 3.25. The summed E-state index contributed by atoms with van der Waals surface area (Å²) in [5.41, 5.74) is 0.440. The SMILES string of the molecule is C=CC(C)(C)CC(C)(C)C=C.